The standard InChI is InChI=1S/C22H34N3O7PS/c1-9-13(4)25(11-31-33(28,29)30)16(12(2)3)19(27)24-20-15(18(23)26)14-10-21(5,6)32-22(7,8)17(14)34-20/h4,9-11H2,1-3,5-8H3,(H2,23,26)(H,24,27)(H2,28,29,30). The van der Waals surface area contributed by atoms with E-state index in [2.05, 4.69) is 16.4 Å². The quantitative estimate of drug-likeness (QED) is 0.219. The minimum atomic E-state index is -4.80. The minimum Gasteiger partial charge on any atom is -0.365 e. The maximum absolute atomic E-state index is 13.4. The van der Waals surface area contributed by atoms with E-state index in [-0.39, 0.29) is 16.3 Å². The lowest BCUT2D eigenvalue weighted by atomic mass is 9.86. The van der Waals surface area contributed by atoms with Crippen LogP contribution in [0.1, 0.15) is 75.7 Å². The van der Waals surface area contributed by atoms with Gasteiger partial charge in [-0.2, -0.15) is 0 Å². The molecule has 2 heterocycles. The molecular weight excluding hydrogens is 481 g/mol. The predicted octanol–water partition coefficient (Wildman–Crippen LogP) is 3.96. The molecule has 1 aliphatic heterocycles. The molecule has 2 rings (SSSR count). The molecule has 0 saturated carbocycles. The summed E-state index contributed by atoms with van der Waals surface area (Å²) in [5.74, 6) is -1.26. The van der Waals surface area contributed by atoms with Gasteiger partial charge in [-0.25, -0.2) is 4.57 Å². The number of phosphoric acid groups is 1. The molecule has 0 unspecified atom stereocenters. The molecule has 1 aromatic rings. The van der Waals surface area contributed by atoms with Crippen molar-refractivity contribution < 1.29 is 33.2 Å². The van der Waals surface area contributed by atoms with Gasteiger partial charge in [0.05, 0.1) is 16.8 Å². The summed E-state index contributed by atoms with van der Waals surface area (Å²) < 4.78 is 22.1. The minimum absolute atomic E-state index is 0.0953. The van der Waals surface area contributed by atoms with Crippen molar-refractivity contribution in [1.82, 2.24) is 4.90 Å². The van der Waals surface area contributed by atoms with Gasteiger partial charge in [-0.1, -0.05) is 13.5 Å². The Kier molecular flexibility index (Phi) is 8.24. The molecular formula is C22H34N3O7PS. The van der Waals surface area contributed by atoms with Crippen LogP contribution in [-0.4, -0.2) is 38.8 Å². The van der Waals surface area contributed by atoms with Crippen molar-refractivity contribution in [3.63, 3.8) is 0 Å². The van der Waals surface area contributed by atoms with Gasteiger partial charge in [0.25, 0.3) is 11.8 Å². The third-order valence-electron chi connectivity index (χ3n) is 5.26. The van der Waals surface area contributed by atoms with Crippen LogP contribution in [-0.2, 0) is 30.6 Å². The molecule has 1 aliphatic rings. The molecule has 0 atom stereocenters. The van der Waals surface area contributed by atoms with E-state index in [0.29, 0.717) is 24.1 Å². The molecule has 0 bridgehead atoms. The van der Waals surface area contributed by atoms with E-state index < -0.39 is 37.6 Å². The smallest absolute Gasteiger partial charge is 0.365 e. The van der Waals surface area contributed by atoms with E-state index in [1.807, 2.05) is 27.7 Å². The van der Waals surface area contributed by atoms with E-state index in [4.69, 9.17) is 20.3 Å². The Labute approximate surface area is 204 Å². The van der Waals surface area contributed by atoms with Crippen molar-refractivity contribution >= 4 is 36.0 Å². The lowest BCUT2D eigenvalue weighted by Gasteiger charge is -2.41. The van der Waals surface area contributed by atoms with Gasteiger partial charge in [0.15, 0.2) is 0 Å². The van der Waals surface area contributed by atoms with E-state index in [1.54, 1.807) is 20.8 Å². The average molecular weight is 516 g/mol. The molecule has 12 heteroatoms. The Morgan fingerprint density at radius 2 is 1.88 bits per heavy atom. The lowest BCUT2D eigenvalue weighted by Crippen LogP contribution is -2.42. The number of fused-ring (bicyclic) bond motifs is 1. The number of nitrogens with two attached hydrogens (primary N) is 1. The number of thiophene rings is 1. The number of hydrogen-bond acceptors (Lipinski definition) is 7. The Balaban J connectivity index is 2.53. The summed E-state index contributed by atoms with van der Waals surface area (Å²) >= 11 is 1.22. The number of ether oxygens (including phenoxy) is 1. The van der Waals surface area contributed by atoms with Gasteiger partial charge in [0.1, 0.15) is 17.4 Å². The number of rotatable bonds is 9. The number of phosphoric ester groups is 1. The van der Waals surface area contributed by atoms with Gasteiger partial charge in [-0.05, 0) is 59.1 Å². The Hall–Kier alpha value is -2.01. The molecule has 34 heavy (non-hydrogen) atoms. The van der Waals surface area contributed by atoms with Gasteiger partial charge >= 0.3 is 7.82 Å². The first-order chi connectivity index (χ1) is 15.4. The van der Waals surface area contributed by atoms with Crippen molar-refractivity contribution in [3.8, 4) is 0 Å². The fourth-order valence-electron chi connectivity index (χ4n) is 4.09. The van der Waals surface area contributed by atoms with E-state index in [0.717, 1.165) is 10.4 Å². The molecule has 10 nitrogen and oxygen atoms in total. The molecule has 0 radical (unpaired) electrons. The monoisotopic (exact) mass is 515 g/mol. The number of carbonyl (C=O) groups excluding carboxylic acids is 2. The number of primary amides is 1. The number of nitrogens with zero attached hydrogens (tertiary/aromatic N) is 1. The molecule has 0 fully saturated rings. The van der Waals surface area contributed by atoms with Crippen LogP contribution in [0.15, 0.2) is 23.5 Å². The van der Waals surface area contributed by atoms with Crippen molar-refractivity contribution in [1.29, 1.82) is 0 Å². The molecule has 0 saturated heterocycles. The summed E-state index contributed by atoms with van der Waals surface area (Å²) in [5.41, 5.74) is 6.53. The van der Waals surface area contributed by atoms with Gasteiger partial charge in [-0.15, -0.1) is 11.3 Å². The predicted molar refractivity (Wildman–Crippen MR) is 131 cm³/mol. The molecule has 0 aromatic carbocycles. The van der Waals surface area contributed by atoms with Crippen molar-refractivity contribution in [3.05, 3.63) is 39.6 Å². The first-order valence-electron chi connectivity index (χ1n) is 10.7. The number of allylic oxidation sites excluding steroid dienone is 2. The highest BCUT2D eigenvalue weighted by atomic mass is 32.1. The van der Waals surface area contributed by atoms with Crippen LogP contribution in [0, 0.1) is 0 Å². The van der Waals surface area contributed by atoms with E-state index in [1.165, 1.54) is 16.2 Å². The molecule has 0 spiro atoms. The number of hydrogen-bond donors (Lipinski definition) is 4. The van der Waals surface area contributed by atoms with Crippen LogP contribution in [0.3, 0.4) is 0 Å². The Bertz CT molecular complexity index is 1080. The molecule has 0 aliphatic carbocycles. The van der Waals surface area contributed by atoms with Crippen LogP contribution >= 0.6 is 19.2 Å². The third kappa shape index (κ3) is 6.35. The van der Waals surface area contributed by atoms with Gasteiger partial charge in [0, 0.05) is 17.0 Å². The molecule has 2 amide bonds. The first kappa shape index (κ1) is 28.2. The van der Waals surface area contributed by atoms with Crippen molar-refractivity contribution in [2.75, 3.05) is 12.0 Å². The topological polar surface area (TPSA) is 151 Å². The summed E-state index contributed by atoms with van der Waals surface area (Å²) in [6, 6.07) is 0. The highest BCUT2D eigenvalue weighted by molar-refractivity contribution is 7.46. The van der Waals surface area contributed by atoms with Gasteiger partial charge < -0.3 is 30.5 Å². The highest BCUT2D eigenvalue weighted by Crippen LogP contribution is 2.48. The summed E-state index contributed by atoms with van der Waals surface area (Å²) in [4.78, 5) is 46.3. The van der Waals surface area contributed by atoms with Crippen LogP contribution in [0.25, 0.3) is 0 Å². The second-order valence-corrected chi connectivity index (χ2v) is 11.7. The Morgan fingerprint density at radius 3 is 2.35 bits per heavy atom. The summed E-state index contributed by atoms with van der Waals surface area (Å²) in [6.07, 6.45) is 0.843. The lowest BCUT2D eigenvalue weighted by molar-refractivity contribution is -0.135. The van der Waals surface area contributed by atoms with Crippen LogP contribution in [0.4, 0.5) is 5.00 Å². The van der Waals surface area contributed by atoms with Crippen LogP contribution < -0.4 is 11.1 Å². The van der Waals surface area contributed by atoms with Crippen molar-refractivity contribution in [2.45, 2.75) is 72.5 Å². The summed E-state index contributed by atoms with van der Waals surface area (Å²) in [7, 11) is -4.80. The third-order valence-corrected chi connectivity index (χ3v) is 7.17. The van der Waals surface area contributed by atoms with Gasteiger partial charge in [-0.3, -0.25) is 14.1 Å². The number of nitrogens with one attached hydrogen (secondary N) is 1. The van der Waals surface area contributed by atoms with Crippen molar-refractivity contribution in [2.24, 2.45) is 5.73 Å². The fourth-order valence-corrected chi connectivity index (χ4v) is 5.61. The average Bonchev–Trinajstić information content (AvgIpc) is 3.00. The first-order valence-corrected chi connectivity index (χ1v) is 13.0. The second kappa shape index (κ2) is 9.93. The number of anilines is 1. The van der Waals surface area contributed by atoms with Gasteiger partial charge in [0.2, 0.25) is 0 Å². The van der Waals surface area contributed by atoms with E-state index >= 15 is 0 Å². The summed E-state index contributed by atoms with van der Waals surface area (Å²) in [6.45, 7) is 16.1. The maximum Gasteiger partial charge on any atom is 0.471 e. The second-order valence-electron chi connectivity index (χ2n) is 9.43. The zero-order chi connectivity index (χ0) is 26.2. The largest absolute Gasteiger partial charge is 0.471 e. The zero-order valence-corrected chi connectivity index (χ0v) is 22.4. The van der Waals surface area contributed by atoms with Crippen LogP contribution in [0.5, 0.6) is 0 Å². The number of carbonyl (C=O) groups is 2. The molecule has 5 N–H and O–H groups in total. The Morgan fingerprint density at radius 1 is 1.29 bits per heavy atom. The highest BCUT2D eigenvalue weighted by Gasteiger charge is 2.43. The SMILES string of the molecule is C=C(CC)N(COP(=O)(O)O)C(C(=O)Nc1sc2c(c1C(N)=O)CC(C)(C)OC2(C)C)=C(C)C. The normalized spacial score (nSPS) is 16.4. The molecule has 1 aromatic heterocycles. The zero-order valence-electron chi connectivity index (χ0n) is 20.6. The summed E-state index contributed by atoms with van der Waals surface area (Å²) in [5, 5.41) is 3.07. The maximum atomic E-state index is 13.4. The number of amides is 2. The molecule has 190 valence electrons. The van der Waals surface area contributed by atoms with E-state index in [9.17, 15) is 14.2 Å². The van der Waals surface area contributed by atoms with Crippen LogP contribution in [0.2, 0.25) is 0 Å². The fraction of sp³-hybridized carbons (Fsp3) is 0.545.